The van der Waals surface area contributed by atoms with Gasteiger partial charge in [0.15, 0.2) is 0 Å². The number of rotatable bonds is 3. The number of ether oxygens (including phenoxy) is 1. The van der Waals surface area contributed by atoms with Crippen LogP contribution in [0.5, 0.6) is 0 Å². The fourth-order valence-corrected chi connectivity index (χ4v) is 2.07. The van der Waals surface area contributed by atoms with E-state index in [1.54, 1.807) is 0 Å². The molecule has 0 aromatic heterocycles. The van der Waals surface area contributed by atoms with Gasteiger partial charge in [-0.15, -0.1) is 0 Å². The summed E-state index contributed by atoms with van der Waals surface area (Å²) in [4.78, 5) is 0. The SMILES string of the molecule is Cc1c(N)cccc1NCC1CCCOC1. The molecule has 2 rings (SSSR count). The molecular weight excluding hydrogens is 200 g/mol. The molecule has 1 aromatic carbocycles. The molecule has 1 saturated heterocycles. The van der Waals surface area contributed by atoms with Gasteiger partial charge in [-0.05, 0) is 43.4 Å². The second-order valence-electron chi connectivity index (χ2n) is 4.48. The lowest BCUT2D eigenvalue weighted by atomic mass is 10.0. The number of nitrogens with two attached hydrogens (primary N) is 1. The van der Waals surface area contributed by atoms with Crippen molar-refractivity contribution in [2.45, 2.75) is 19.8 Å². The van der Waals surface area contributed by atoms with Gasteiger partial charge in [0.25, 0.3) is 0 Å². The Bertz CT molecular complexity index is 346. The summed E-state index contributed by atoms with van der Waals surface area (Å²) in [7, 11) is 0. The lowest BCUT2D eigenvalue weighted by Gasteiger charge is -2.23. The molecule has 88 valence electrons. The summed E-state index contributed by atoms with van der Waals surface area (Å²) < 4.78 is 5.46. The highest BCUT2D eigenvalue weighted by atomic mass is 16.5. The van der Waals surface area contributed by atoms with Crippen LogP contribution in [0.1, 0.15) is 18.4 Å². The molecule has 0 aliphatic carbocycles. The van der Waals surface area contributed by atoms with Crippen LogP contribution in [0.15, 0.2) is 18.2 Å². The zero-order valence-electron chi connectivity index (χ0n) is 9.83. The molecule has 1 aliphatic heterocycles. The van der Waals surface area contributed by atoms with Crippen molar-refractivity contribution >= 4 is 11.4 Å². The Balaban J connectivity index is 1.91. The maximum absolute atomic E-state index is 5.86. The Hall–Kier alpha value is -1.22. The number of hydrogen-bond acceptors (Lipinski definition) is 3. The van der Waals surface area contributed by atoms with E-state index in [2.05, 4.69) is 18.3 Å². The molecule has 0 saturated carbocycles. The Labute approximate surface area is 97.0 Å². The van der Waals surface area contributed by atoms with E-state index in [9.17, 15) is 0 Å². The summed E-state index contributed by atoms with van der Waals surface area (Å²) >= 11 is 0. The van der Waals surface area contributed by atoms with Crippen molar-refractivity contribution in [3.05, 3.63) is 23.8 Å². The summed E-state index contributed by atoms with van der Waals surface area (Å²) in [5, 5.41) is 3.46. The highest BCUT2D eigenvalue weighted by Gasteiger charge is 2.13. The van der Waals surface area contributed by atoms with E-state index < -0.39 is 0 Å². The van der Waals surface area contributed by atoms with E-state index in [1.807, 2.05) is 12.1 Å². The minimum Gasteiger partial charge on any atom is -0.398 e. The van der Waals surface area contributed by atoms with Crippen molar-refractivity contribution in [1.29, 1.82) is 0 Å². The number of hydrogen-bond donors (Lipinski definition) is 2. The van der Waals surface area contributed by atoms with Gasteiger partial charge >= 0.3 is 0 Å². The van der Waals surface area contributed by atoms with Crippen LogP contribution in [-0.2, 0) is 4.74 Å². The molecule has 1 fully saturated rings. The largest absolute Gasteiger partial charge is 0.398 e. The van der Waals surface area contributed by atoms with Crippen LogP contribution in [0.2, 0.25) is 0 Å². The second-order valence-corrected chi connectivity index (χ2v) is 4.48. The number of nitrogen functional groups attached to an aromatic ring is 1. The molecular formula is C13H20N2O. The van der Waals surface area contributed by atoms with Gasteiger partial charge in [0.1, 0.15) is 0 Å². The first-order chi connectivity index (χ1) is 7.77. The molecule has 3 heteroatoms. The molecule has 0 bridgehead atoms. The van der Waals surface area contributed by atoms with Gasteiger partial charge in [0.05, 0.1) is 6.61 Å². The van der Waals surface area contributed by atoms with Crippen LogP contribution in [0.3, 0.4) is 0 Å². The molecule has 3 nitrogen and oxygen atoms in total. The third-order valence-corrected chi connectivity index (χ3v) is 3.21. The van der Waals surface area contributed by atoms with Crippen molar-refractivity contribution < 1.29 is 4.74 Å². The summed E-state index contributed by atoms with van der Waals surface area (Å²) in [5.41, 5.74) is 9.00. The topological polar surface area (TPSA) is 47.3 Å². The molecule has 1 unspecified atom stereocenters. The molecule has 1 atom stereocenters. The lowest BCUT2D eigenvalue weighted by molar-refractivity contribution is 0.0595. The van der Waals surface area contributed by atoms with Gasteiger partial charge in [0.2, 0.25) is 0 Å². The zero-order valence-corrected chi connectivity index (χ0v) is 9.83. The summed E-state index contributed by atoms with van der Waals surface area (Å²) in [6.45, 7) is 4.83. The van der Waals surface area contributed by atoms with E-state index in [4.69, 9.17) is 10.5 Å². The number of nitrogens with one attached hydrogen (secondary N) is 1. The van der Waals surface area contributed by atoms with Crippen molar-refractivity contribution in [2.75, 3.05) is 30.8 Å². The zero-order chi connectivity index (χ0) is 11.4. The van der Waals surface area contributed by atoms with Gasteiger partial charge in [-0.3, -0.25) is 0 Å². The van der Waals surface area contributed by atoms with E-state index in [-0.39, 0.29) is 0 Å². The number of anilines is 2. The van der Waals surface area contributed by atoms with Crippen LogP contribution in [-0.4, -0.2) is 19.8 Å². The maximum atomic E-state index is 5.86. The van der Waals surface area contributed by atoms with Gasteiger partial charge in [-0.2, -0.15) is 0 Å². The average molecular weight is 220 g/mol. The van der Waals surface area contributed by atoms with Gasteiger partial charge in [-0.25, -0.2) is 0 Å². The lowest BCUT2D eigenvalue weighted by Crippen LogP contribution is -2.24. The highest BCUT2D eigenvalue weighted by molar-refractivity contribution is 5.62. The fraction of sp³-hybridized carbons (Fsp3) is 0.538. The van der Waals surface area contributed by atoms with Crippen LogP contribution in [0.25, 0.3) is 0 Å². The fourth-order valence-electron chi connectivity index (χ4n) is 2.07. The van der Waals surface area contributed by atoms with Crippen LogP contribution in [0, 0.1) is 12.8 Å². The van der Waals surface area contributed by atoms with Gasteiger partial charge in [-0.1, -0.05) is 6.07 Å². The minimum absolute atomic E-state index is 0.634. The quantitative estimate of drug-likeness (QED) is 0.769. The van der Waals surface area contributed by atoms with E-state index in [1.165, 1.54) is 12.8 Å². The molecule has 3 N–H and O–H groups in total. The first-order valence-electron chi connectivity index (χ1n) is 5.94. The molecule has 0 amide bonds. The van der Waals surface area contributed by atoms with Crippen LogP contribution >= 0.6 is 0 Å². The van der Waals surface area contributed by atoms with Gasteiger partial charge < -0.3 is 15.8 Å². The van der Waals surface area contributed by atoms with Crippen LogP contribution in [0.4, 0.5) is 11.4 Å². The summed E-state index contributed by atoms with van der Waals surface area (Å²) in [6, 6.07) is 6.00. The van der Waals surface area contributed by atoms with Crippen molar-refractivity contribution in [2.24, 2.45) is 5.92 Å². The summed E-state index contributed by atoms with van der Waals surface area (Å²) in [6.07, 6.45) is 2.44. The molecule has 1 heterocycles. The predicted octanol–water partition coefficient (Wildman–Crippen LogP) is 2.42. The van der Waals surface area contributed by atoms with Crippen molar-refractivity contribution in [1.82, 2.24) is 0 Å². The Kier molecular flexibility index (Phi) is 3.67. The monoisotopic (exact) mass is 220 g/mol. The smallest absolute Gasteiger partial charge is 0.0511 e. The average Bonchev–Trinajstić information content (AvgIpc) is 2.32. The standard InChI is InChI=1S/C13H20N2O/c1-10-12(14)5-2-6-13(10)15-8-11-4-3-7-16-9-11/h2,5-6,11,15H,3-4,7-9,14H2,1H3. The Morgan fingerprint density at radius 2 is 2.38 bits per heavy atom. The third kappa shape index (κ3) is 2.67. The highest BCUT2D eigenvalue weighted by Crippen LogP contribution is 2.21. The molecule has 16 heavy (non-hydrogen) atoms. The minimum atomic E-state index is 0.634. The Morgan fingerprint density at radius 3 is 3.12 bits per heavy atom. The van der Waals surface area contributed by atoms with Gasteiger partial charge in [0, 0.05) is 24.5 Å². The van der Waals surface area contributed by atoms with E-state index >= 15 is 0 Å². The molecule has 1 aliphatic rings. The Morgan fingerprint density at radius 1 is 1.50 bits per heavy atom. The van der Waals surface area contributed by atoms with Crippen molar-refractivity contribution in [3.63, 3.8) is 0 Å². The normalized spacial score (nSPS) is 20.7. The predicted molar refractivity (Wildman–Crippen MR) is 67.6 cm³/mol. The molecule has 0 radical (unpaired) electrons. The third-order valence-electron chi connectivity index (χ3n) is 3.21. The van der Waals surface area contributed by atoms with E-state index in [0.717, 1.165) is 36.7 Å². The van der Waals surface area contributed by atoms with E-state index in [0.29, 0.717) is 5.92 Å². The number of benzene rings is 1. The first-order valence-corrected chi connectivity index (χ1v) is 5.94. The molecule has 1 aromatic rings. The summed E-state index contributed by atoms with van der Waals surface area (Å²) in [5.74, 6) is 0.634. The van der Waals surface area contributed by atoms with Crippen LogP contribution < -0.4 is 11.1 Å². The van der Waals surface area contributed by atoms with Crippen molar-refractivity contribution in [3.8, 4) is 0 Å². The first kappa shape index (κ1) is 11.3. The second kappa shape index (κ2) is 5.21. The molecule has 0 spiro atoms. The maximum Gasteiger partial charge on any atom is 0.0511 e.